The van der Waals surface area contributed by atoms with Crippen molar-refractivity contribution in [2.24, 2.45) is 0 Å². The summed E-state index contributed by atoms with van der Waals surface area (Å²) in [5.41, 5.74) is 11.3. The first-order chi connectivity index (χ1) is 9.58. The van der Waals surface area contributed by atoms with Gasteiger partial charge < -0.3 is 10.5 Å². The van der Waals surface area contributed by atoms with Gasteiger partial charge in [0, 0.05) is 11.8 Å². The number of hydrogen-bond donors (Lipinski definition) is 1. The van der Waals surface area contributed by atoms with E-state index >= 15 is 0 Å². The molecule has 3 aromatic rings. The third-order valence-electron chi connectivity index (χ3n) is 3.35. The Morgan fingerprint density at radius 1 is 1.05 bits per heavy atom. The fourth-order valence-electron chi connectivity index (χ4n) is 2.55. The van der Waals surface area contributed by atoms with E-state index in [1.54, 1.807) is 7.11 Å². The van der Waals surface area contributed by atoms with Gasteiger partial charge in [0.15, 0.2) is 0 Å². The van der Waals surface area contributed by atoms with E-state index in [9.17, 15) is 0 Å². The normalized spacial score (nSPS) is 10.9. The largest absolute Gasteiger partial charge is 0.497 e. The Hall–Kier alpha value is -2.49. The highest BCUT2D eigenvalue weighted by Crippen LogP contribution is 2.27. The van der Waals surface area contributed by atoms with E-state index in [1.807, 2.05) is 22.8 Å². The first-order valence-electron chi connectivity index (χ1n) is 6.49. The number of aromatic nitrogens is 2. The van der Waals surface area contributed by atoms with Crippen LogP contribution in [0.3, 0.4) is 0 Å². The van der Waals surface area contributed by atoms with Crippen LogP contribution in [0.15, 0.2) is 36.4 Å². The zero-order valence-corrected chi connectivity index (χ0v) is 11.8. The molecule has 0 atom stereocenters. The molecule has 3 rings (SSSR count). The predicted octanol–water partition coefficient (Wildman–Crippen LogP) is 3.23. The van der Waals surface area contributed by atoms with Gasteiger partial charge in [-0.25, -0.2) is 4.98 Å². The van der Waals surface area contributed by atoms with Gasteiger partial charge in [-0.1, -0.05) is 6.07 Å². The third-order valence-corrected chi connectivity index (χ3v) is 3.35. The average molecular weight is 267 g/mol. The number of imidazole rings is 1. The standard InChI is InChI=1S/C16H17N3O/c1-10-6-11(2)8-12(7-10)19-15-9-13(20-3)4-5-14(15)18-16(19)17/h4-9H,1-3H3,(H2,17,18). The topological polar surface area (TPSA) is 53.1 Å². The lowest BCUT2D eigenvalue weighted by Gasteiger charge is -2.09. The molecule has 0 bridgehead atoms. The lowest BCUT2D eigenvalue weighted by Crippen LogP contribution is -2.01. The SMILES string of the molecule is COc1ccc2nc(N)n(-c3cc(C)cc(C)c3)c2c1. The van der Waals surface area contributed by atoms with Crippen LogP contribution in [-0.4, -0.2) is 16.7 Å². The molecule has 1 aromatic heterocycles. The van der Waals surface area contributed by atoms with Crippen molar-refractivity contribution in [1.29, 1.82) is 0 Å². The van der Waals surface area contributed by atoms with Gasteiger partial charge in [0.25, 0.3) is 0 Å². The summed E-state index contributed by atoms with van der Waals surface area (Å²) in [7, 11) is 1.65. The maximum atomic E-state index is 6.09. The van der Waals surface area contributed by atoms with Crippen molar-refractivity contribution in [3.8, 4) is 11.4 Å². The molecule has 0 aliphatic rings. The number of nitrogen functional groups attached to an aromatic ring is 1. The highest BCUT2D eigenvalue weighted by molar-refractivity contribution is 5.82. The van der Waals surface area contributed by atoms with Crippen LogP contribution < -0.4 is 10.5 Å². The Labute approximate surface area is 117 Å². The fourth-order valence-corrected chi connectivity index (χ4v) is 2.55. The Kier molecular flexibility index (Phi) is 2.86. The fraction of sp³-hybridized carbons (Fsp3) is 0.188. The van der Waals surface area contributed by atoms with E-state index in [0.29, 0.717) is 5.95 Å². The summed E-state index contributed by atoms with van der Waals surface area (Å²) in [6.07, 6.45) is 0. The van der Waals surface area contributed by atoms with Gasteiger partial charge in [-0.05, 0) is 49.2 Å². The van der Waals surface area contributed by atoms with E-state index in [-0.39, 0.29) is 0 Å². The summed E-state index contributed by atoms with van der Waals surface area (Å²) >= 11 is 0. The molecular weight excluding hydrogens is 250 g/mol. The van der Waals surface area contributed by atoms with Crippen LogP contribution in [0.25, 0.3) is 16.7 Å². The lowest BCUT2D eigenvalue weighted by atomic mass is 10.1. The molecule has 2 N–H and O–H groups in total. The number of aryl methyl sites for hydroxylation is 2. The van der Waals surface area contributed by atoms with Crippen molar-refractivity contribution in [3.63, 3.8) is 0 Å². The maximum Gasteiger partial charge on any atom is 0.205 e. The summed E-state index contributed by atoms with van der Waals surface area (Å²) in [5.74, 6) is 1.28. The molecular formula is C16H17N3O. The van der Waals surface area contributed by atoms with Gasteiger partial charge in [-0.2, -0.15) is 0 Å². The minimum atomic E-state index is 0.484. The minimum absolute atomic E-state index is 0.484. The second-order valence-corrected chi connectivity index (χ2v) is 5.01. The van der Waals surface area contributed by atoms with Crippen LogP contribution in [0, 0.1) is 13.8 Å². The summed E-state index contributed by atoms with van der Waals surface area (Å²) in [4.78, 5) is 4.41. The molecule has 0 unspecified atom stereocenters. The molecule has 1 heterocycles. The highest BCUT2D eigenvalue weighted by atomic mass is 16.5. The third kappa shape index (κ3) is 1.99. The lowest BCUT2D eigenvalue weighted by molar-refractivity contribution is 0.415. The molecule has 0 fully saturated rings. The number of fused-ring (bicyclic) bond motifs is 1. The summed E-state index contributed by atoms with van der Waals surface area (Å²) in [5, 5.41) is 0. The van der Waals surface area contributed by atoms with Crippen molar-refractivity contribution >= 4 is 17.0 Å². The highest BCUT2D eigenvalue weighted by Gasteiger charge is 2.11. The first kappa shape index (κ1) is 12.5. The van der Waals surface area contributed by atoms with Gasteiger partial charge in [0.2, 0.25) is 5.95 Å². The molecule has 4 heteroatoms. The number of nitrogens with zero attached hydrogens (tertiary/aromatic N) is 2. The zero-order valence-electron chi connectivity index (χ0n) is 11.8. The number of rotatable bonds is 2. The molecule has 0 aliphatic heterocycles. The number of anilines is 1. The van der Waals surface area contributed by atoms with Gasteiger partial charge in [-0.3, -0.25) is 4.57 Å². The Balaban J connectivity index is 2.31. The van der Waals surface area contributed by atoms with E-state index in [4.69, 9.17) is 10.5 Å². The van der Waals surface area contributed by atoms with Crippen molar-refractivity contribution in [3.05, 3.63) is 47.5 Å². The van der Waals surface area contributed by atoms with Crippen LogP contribution in [0.2, 0.25) is 0 Å². The molecule has 102 valence electrons. The number of nitrogens with two attached hydrogens (primary N) is 1. The van der Waals surface area contributed by atoms with Crippen molar-refractivity contribution < 1.29 is 4.74 Å². The molecule has 0 radical (unpaired) electrons. The summed E-state index contributed by atoms with van der Waals surface area (Å²) < 4.78 is 7.24. The van der Waals surface area contributed by atoms with Gasteiger partial charge >= 0.3 is 0 Å². The van der Waals surface area contributed by atoms with Gasteiger partial charge in [-0.15, -0.1) is 0 Å². The average Bonchev–Trinajstić information content (AvgIpc) is 2.72. The van der Waals surface area contributed by atoms with Crippen LogP contribution in [0.5, 0.6) is 5.75 Å². The van der Waals surface area contributed by atoms with E-state index in [0.717, 1.165) is 22.5 Å². The monoisotopic (exact) mass is 267 g/mol. The van der Waals surface area contributed by atoms with Crippen LogP contribution in [-0.2, 0) is 0 Å². The molecule has 0 saturated heterocycles. The zero-order chi connectivity index (χ0) is 14.3. The number of ether oxygens (including phenoxy) is 1. The number of benzene rings is 2. The second kappa shape index (κ2) is 4.56. The molecule has 2 aromatic carbocycles. The number of methoxy groups -OCH3 is 1. The Bertz CT molecular complexity index is 770. The van der Waals surface area contributed by atoms with E-state index in [1.165, 1.54) is 11.1 Å². The van der Waals surface area contributed by atoms with E-state index < -0.39 is 0 Å². The summed E-state index contributed by atoms with van der Waals surface area (Å²) in [6.45, 7) is 4.15. The van der Waals surface area contributed by atoms with Crippen LogP contribution in [0.1, 0.15) is 11.1 Å². The Morgan fingerprint density at radius 2 is 1.75 bits per heavy atom. The minimum Gasteiger partial charge on any atom is -0.497 e. The quantitative estimate of drug-likeness (QED) is 0.775. The van der Waals surface area contributed by atoms with Crippen molar-refractivity contribution in [2.45, 2.75) is 13.8 Å². The van der Waals surface area contributed by atoms with Crippen molar-refractivity contribution in [2.75, 3.05) is 12.8 Å². The first-order valence-corrected chi connectivity index (χ1v) is 6.49. The van der Waals surface area contributed by atoms with Gasteiger partial charge in [0.1, 0.15) is 5.75 Å². The van der Waals surface area contributed by atoms with Crippen molar-refractivity contribution in [1.82, 2.24) is 9.55 Å². The molecule has 4 nitrogen and oxygen atoms in total. The smallest absolute Gasteiger partial charge is 0.205 e. The number of hydrogen-bond acceptors (Lipinski definition) is 3. The molecule has 0 saturated carbocycles. The van der Waals surface area contributed by atoms with Crippen LogP contribution >= 0.6 is 0 Å². The molecule has 20 heavy (non-hydrogen) atoms. The molecule has 0 amide bonds. The predicted molar refractivity (Wildman–Crippen MR) is 81.5 cm³/mol. The molecule has 0 spiro atoms. The Morgan fingerprint density at radius 3 is 2.40 bits per heavy atom. The van der Waals surface area contributed by atoms with E-state index in [2.05, 4.69) is 37.0 Å². The second-order valence-electron chi connectivity index (χ2n) is 5.01. The molecule has 0 aliphatic carbocycles. The maximum absolute atomic E-state index is 6.09. The van der Waals surface area contributed by atoms with Crippen LogP contribution in [0.4, 0.5) is 5.95 Å². The summed E-state index contributed by atoms with van der Waals surface area (Å²) in [6, 6.07) is 12.1. The van der Waals surface area contributed by atoms with Gasteiger partial charge in [0.05, 0.1) is 18.1 Å².